The zero-order chi connectivity index (χ0) is 22.6. The van der Waals surface area contributed by atoms with Crippen molar-refractivity contribution in [3.63, 3.8) is 0 Å². The third-order valence-corrected chi connectivity index (χ3v) is 8.64. The second kappa shape index (κ2) is 8.11. The van der Waals surface area contributed by atoms with Crippen molar-refractivity contribution >= 4 is 23.2 Å². The summed E-state index contributed by atoms with van der Waals surface area (Å²) in [7, 11) is 1.69. The van der Waals surface area contributed by atoms with Crippen LogP contribution in [0.5, 0.6) is 11.5 Å². The van der Waals surface area contributed by atoms with Crippen molar-refractivity contribution in [2.24, 2.45) is 16.7 Å². The van der Waals surface area contributed by atoms with Gasteiger partial charge in [-0.15, -0.1) is 0 Å². The van der Waals surface area contributed by atoms with E-state index in [1.54, 1.807) is 13.2 Å². The molecule has 0 amide bonds. The Balaban J connectivity index is 1.26. The molecule has 2 atom stereocenters. The fourth-order valence-corrected chi connectivity index (χ4v) is 7.99. The molecule has 4 saturated carbocycles. The molecule has 0 aromatic heterocycles. The van der Waals surface area contributed by atoms with Crippen LogP contribution in [-0.4, -0.2) is 12.6 Å². The minimum Gasteiger partial charge on any atom is -0.493 e. The molecule has 0 aliphatic heterocycles. The molecule has 32 heavy (non-hydrogen) atoms. The summed E-state index contributed by atoms with van der Waals surface area (Å²) in [5.74, 6) is 2.38. The Labute approximate surface area is 201 Å². The zero-order valence-corrected chi connectivity index (χ0v) is 20.8. The molecule has 6 rings (SSSR count). The molecular weight excluding hydrogens is 441 g/mol. The SMILES string of the molecule is COc1cc(CNC23CC4CC(C)(CC(C)(C4)C2)C3)ccc1OCc1ccc(Cl)c(Cl)c1. The Morgan fingerprint density at radius 3 is 2.25 bits per heavy atom. The lowest BCUT2D eigenvalue weighted by Gasteiger charge is -2.65. The highest BCUT2D eigenvalue weighted by molar-refractivity contribution is 6.42. The van der Waals surface area contributed by atoms with Gasteiger partial charge in [-0.3, -0.25) is 0 Å². The summed E-state index contributed by atoms with van der Waals surface area (Å²) in [6, 6.07) is 11.8. The molecule has 1 N–H and O–H groups in total. The third-order valence-electron chi connectivity index (χ3n) is 7.90. The van der Waals surface area contributed by atoms with Crippen LogP contribution in [0.3, 0.4) is 0 Å². The molecule has 4 aliphatic carbocycles. The van der Waals surface area contributed by atoms with Crippen LogP contribution in [0.1, 0.15) is 63.5 Å². The number of methoxy groups -OCH3 is 1. The second-order valence-corrected chi connectivity index (χ2v) is 12.1. The number of halogens is 2. The van der Waals surface area contributed by atoms with Crippen LogP contribution in [0.15, 0.2) is 36.4 Å². The minimum atomic E-state index is 0.291. The first-order valence-corrected chi connectivity index (χ1v) is 12.4. The van der Waals surface area contributed by atoms with Crippen LogP contribution in [0.25, 0.3) is 0 Å². The normalized spacial score (nSPS) is 32.8. The Bertz CT molecular complexity index is 1000. The molecule has 3 nitrogen and oxygen atoms in total. The molecule has 2 unspecified atom stereocenters. The lowest BCUT2D eigenvalue weighted by Crippen LogP contribution is -2.63. The maximum Gasteiger partial charge on any atom is 0.161 e. The Hall–Kier alpha value is -1.42. The van der Waals surface area contributed by atoms with Crippen LogP contribution in [-0.2, 0) is 13.2 Å². The first kappa shape index (κ1) is 22.4. The predicted octanol–water partition coefficient (Wildman–Crippen LogP) is 7.42. The van der Waals surface area contributed by atoms with Gasteiger partial charge in [0.05, 0.1) is 17.2 Å². The minimum absolute atomic E-state index is 0.291. The Morgan fingerprint density at radius 2 is 1.59 bits per heavy atom. The van der Waals surface area contributed by atoms with Gasteiger partial charge in [-0.25, -0.2) is 0 Å². The molecule has 0 saturated heterocycles. The lowest BCUT2D eigenvalue weighted by molar-refractivity contribution is -0.118. The molecule has 4 bridgehead atoms. The molecule has 2 aromatic carbocycles. The topological polar surface area (TPSA) is 30.5 Å². The standard InChI is InChI=1S/C27H33Cl2NO2/c1-25-10-20-11-26(2,15-25)17-27(12-20,16-25)30-13-18-5-7-23(24(9-18)31-3)32-14-19-4-6-21(28)22(29)8-19/h4-9,20,30H,10-17H2,1-3H3. The van der Waals surface area contributed by atoms with Crippen LogP contribution in [0, 0.1) is 16.7 Å². The lowest BCUT2D eigenvalue weighted by atomic mass is 9.43. The first-order chi connectivity index (χ1) is 15.2. The largest absolute Gasteiger partial charge is 0.493 e. The van der Waals surface area contributed by atoms with E-state index in [0.29, 0.717) is 33.0 Å². The van der Waals surface area contributed by atoms with Gasteiger partial charge in [0.25, 0.3) is 0 Å². The molecule has 4 fully saturated rings. The average Bonchev–Trinajstić information content (AvgIpc) is 2.71. The molecule has 5 heteroatoms. The van der Waals surface area contributed by atoms with Crippen molar-refractivity contribution in [3.05, 3.63) is 57.6 Å². The third kappa shape index (κ3) is 4.36. The van der Waals surface area contributed by atoms with Crippen molar-refractivity contribution in [1.29, 1.82) is 0 Å². The van der Waals surface area contributed by atoms with Gasteiger partial charge in [0.2, 0.25) is 0 Å². The van der Waals surface area contributed by atoms with Crippen molar-refractivity contribution in [1.82, 2.24) is 5.32 Å². The van der Waals surface area contributed by atoms with Gasteiger partial charge >= 0.3 is 0 Å². The maximum atomic E-state index is 6.12. The summed E-state index contributed by atoms with van der Waals surface area (Å²) >= 11 is 12.1. The molecule has 0 spiro atoms. The highest BCUT2D eigenvalue weighted by Gasteiger charge is 2.59. The summed E-state index contributed by atoms with van der Waals surface area (Å²) in [6.45, 7) is 6.32. The Morgan fingerprint density at radius 1 is 0.875 bits per heavy atom. The highest BCUT2D eigenvalue weighted by Crippen LogP contribution is 2.66. The molecule has 0 radical (unpaired) electrons. The highest BCUT2D eigenvalue weighted by atomic mass is 35.5. The average molecular weight is 474 g/mol. The van der Waals surface area contributed by atoms with Gasteiger partial charge in [-0.1, -0.05) is 49.2 Å². The van der Waals surface area contributed by atoms with E-state index in [1.807, 2.05) is 18.2 Å². The van der Waals surface area contributed by atoms with E-state index in [9.17, 15) is 0 Å². The number of hydrogen-bond donors (Lipinski definition) is 1. The molecular formula is C27H33Cl2NO2. The number of rotatable bonds is 7. The summed E-state index contributed by atoms with van der Waals surface area (Å²) in [6.07, 6.45) is 8.20. The van der Waals surface area contributed by atoms with Crippen molar-refractivity contribution in [2.45, 2.75) is 71.1 Å². The van der Waals surface area contributed by atoms with Gasteiger partial charge < -0.3 is 14.8 Å². The maximum absolute atomic E-state index is 6.12. The number of hydrogen-bond acceptors (Lipinski definition) is 3. The number of benzene rings is 2. The fourth-order valence-electron chi connectivity index (χ4n) is 7.67. The van der Waals surface area contributed by atoms with E-state index in [1.165, 1.54) is 44.1 Å². The molecule has 0 heterocycles. The van der Waals surface area contributed by atoms with E-state index >= 15 is 0 Å². The smallest absolute Gasteiger partial charge is 0.161 e. The predicted molar refractivity (Wildman–Crippen MR) is 131 cm³/mol. The summed E-state index contributed by atoms with van der Waals surface area (Å²) in [5.41, 5.74) is 3.52. The van der Waals surface area contributed by atoms with E-state index in [0.717, 1.165) is 29.5 Å². The van der Waals surface area contributed by atoms with E-state index in [2.05, 4.69) is 31.3 Å². The van der Waals surface area contributed by atoms with Gasteiger partial charge in [-0.2, -0.15) is 0 Å². The van der Waals surface area contributed by atoms with E-state index < -0.39 is 0 Å². The molecule has 172 valence electrons. The van der Waals surface area contributed by atoms with Crippen LogP contribution < -0.4 is 14.8 Å². The summed E-state index contributed by atoms with van der Waals surface area (Å²) in [4.78, 5) is 0. The first-order valence-electron chi connectivity index (χ1n) is 11.7. The van der Waals surface area contributed by atoms with E-state index in [-0.39, 0.29) is 0 Å². The van der Waals surface area contributed by atoms with Gasteiger partial charge in [0.1, 0.15) is 6.61 Å². The fraction of sp³-hybridized carbons (Fsp3) is 0.556. The second-order valence-electron chi connectivity index (χ2n) is 11.3. The van der Waals surface area contributed by atoms with Crippen LogP contribution in [0.2, 0.25) is 10.0 Å². The summed E-state index contributed by atoms with van der Waals surface area (Å²) < 4.78 is 11.7. The zero-order valence-electron chi connectivity index (χ0n) is 19.3. The number of nitrogens with one attached hydrogen (secondary N) is 1. The quantitative estimate of drug-likeness (QED) is 0.453. The van der Waals surface area contributed by atoms with Crippen molar-refractivity contribution in [2.75, 3.05) is 7.11 Å². The molecule has 4 aliphatic rings. The van der Waals surface area contributed by atoms with Gasteiger partial charge in [0, 0.05) is 12.1 Å². The van der Waals surface area contributed by atoms with Gasteiger partial charge in [-0.05, 0) is 90.7 Å². The Kier molecular flexibility index (Phi) is 5.67. The summed E-state index contributed by atoms with van der Waals surface area (Å²) in [5, 5.41) is 5.09. The van der Waals surface area contributed by atoms with Crippen LogP contribution in [0.4, 0.5) is 0 Å². The number of ether oxygens (including phenoxy) is 2. The van der Waals surface area contributed by atoms with Gasteiger partial charge in [0.15, 0.2) is 11.5 Å². The van der Waals surface area contributed by atoms with Crippen LogP contribution >= 0.6 is 23.2 Å². The van der Waals surface area contributed by atoms with Crippen molar-refractivity contribution in [3.8, 4) is 11.5 Å². The molecule has 2 aromatic rings. The monoisotopic (exact) mass is 473 g/mol. The van der Waals surface area contributed by atoms with E-state index in [4.69, 9.17) is 32.7 Å². The van der Waals surface area contributed by atoms with Crippen molar-refractivity contribution < 1.29 is 9.47 Å².